The maximum Gasteiger partial charge on any atom is 0.257 e. The molecule has 1 N–H and O–H groups in total. The zero-order valence-corrected chi connectivity index (χ0v) is 18.3. The number of benzene rings is 1. The summed E-state index contributed by atoms with van der Waals surface area (Å²) in [5.74, 6) is 0.902. The van der Waals surface area contributed by atoms with E-state index in [2.05, 4.69) is 41.4 Å². The lowest BCUT2D eigenvalue weighted by Crippen LogP contribution is -2.39. The molecule has 2 fully saturated rings. The van der Waals surface area contributed by atoms with Gasteiger partial charge in [0.2, 0.25) is 0 Å². The fourth-order valence-corrected chi connectivity index (χ4v) is 4.98. The van der Waals surface area contributed by atoms with E-state index in [0.29, 0.717) is 24.7 Å². The van der Waals surface area contributed by atoms with E-state index in [1.807, 2.05) is 11.0 Å². The van der Waals surface area contributed by atoms with Gasteiger partial charge in [0.05, 0.1) is 18.4 Å². The van der Waals surface area contributed by atoms with Crippen LogP contribution >= 0.6 is 24.8 Å². The SMILES string of the molecule is CC1Cc2ccccc2N1Cc1occc1C(=O)N1CCC2CCC(C1)N2.Cl.Cl. The van der Waals surface area contributed by atoms with Crippen LogP contribution in [-0.4, -0.2) is 42.0 Å². The summed E-state index contributed by atoms with van der Waals surface area (Å²) in [6.45, 7) is 4.52. The number of likely N-dealkylation sites (tertiary alicyclic amines) is 1. The third kappa shape index (κ3) is 4.14. The number of carbonyl (C=O) groups is 1. The van der Waals surface area contributed by atoms with E-state index in [4.69, 9.17) is 4.42 Å². The minimum atomic E-state index is 0. The number of hydrogen-bond acceptors (Lipinski definition) is 4. The highest BCUT2D eigenvalue weighted by Gasteiger charge is 2.33. The first-order valence-corrected chi connectivity index (χ1v) is 10.2. The van der Waals surface area contributed by atoms with Crippen LogP contribution in [0.15, 0.2) is 41.0 Å². The molecule has 0 aliphatic carbocycles. The van der Waals surface area contributed by atoms with Crippen molar-refractivity contribution in [3.05, 3.63) is 53.5 Å². The Morgan fingerprint density at radius 3 is 2.79 bits per heavy atom. The highest BCUT2D eigenvalue weighted by atomic mass is 35.5. The predicted octanol–water partition coefficient (Wildman–Crippen LogP) is 4.04. The number of halogens is 2. The Labute approximate surface area is 184 Å². The number of rotatable bonds is 3. The van der Waals surface area contributed by atoms with E-state index in [9.17, 15) is 4.79 Å². The van der Waals surface area contributed by atoms with Crippen molar-refractivity contribution in [3.63, 3.8) is 0 Å². The van der Waals surface area contributed by atoms with E-state index in [0.717, 1.165) is 37.3 Å². The molecule has 158 valence electrons. The van der Waals surface area contributed by atoms with E-state index in [-0.39, 0.29) is 30.7 Å². The van der Waals surface area contributed by atoms with Gasteiger partial charge in [0.15, 0.2) is 0 Å². The first-order chi connectivity index (χ1) is 13.2. The predicted molar refractivity (Wildman–Crippen MR) is 119 cm³/mol. The fraction of sp³-hybridized carbons (Fsp3) is 0.500. The highest BCUT2D eigenvalue weighted by molar-refractivity contribution is 5.95. The maximum absolute atomic E-state index is 13.2. The molecule has 2 aromatic rings. The fourth-order valence-electron chi connectivity index (χ4n) is 4.98. The zero-order chi connectivity index (χ0) is 18.4. The van der Waals surface area contributed by atoms with Gasteiger partial charge in [-0.25, -0.2) is 0 Å². The molecule has 1 aromatic carbocycles. The number of furan rings is 1. The molecule has 0 saturated carbocycles. The topological polar surface area (TPSA) is 48.7 Å². The van der Waals surface area contributed by atoms with E-state index in [1.165, 1.54) is 24.1 Å². The zero-order valence-electron chi connectivity index (χ0n) is 16.7. The Morgan fingerprint density at radius 2 is 1.93 bits per heavy atom. The number of carbonyl (C=O) groups excluding carboxylic acids is 1. The third-order valence-electron chi connectivity index (χ3n) is 6.45. The summed E-state index contributed by atoms with van der Waals surface area (Å²) in [4.78, 5) is 17.6. The van der Waals surface area contributed by atoms with Gasteiger partial charge >= 0.3 is 0 Å². The third-order valence-corrected chi connectivity index (χ3v) is 6.45. The summed E-state index contributed by atoms with van der Waals surface area (Å²) in [5, 5.41) is 3.65. The summed E-state index contributed by atoms with van der Waals surface area (Å²) < 4.78 is 5.79. The van der Waals surface area contributed by atoms with Gasteiger partial charge in [-0.15, -0.1) is 24.8 Å². The first kappa shape index (κ1) is 22.0. The van der Waals surface area contributed by atoms with Gasteiger partial charge in [-0.1, -0.05) is 18.2 Å². The van der Waals surface area contributed by atoms with E-state index >= 15 is 0 Å². The standard InChI is InChI=1S/C22H27N3O2.2ClH/c1-15-12-16-4-2-3-5-20(16)25(15)14-21-19(9-11-27-21)22(26)24-10-8-17-6-7-18(13-24)23-17;;/h2-5,9,11,15,17-18,23H,6-8,10,12-14H2,1H3;2*1H. The van der Waals surface area contributed by atoms with Crippen molar-refractivity contribution in [2.75, 3.05) is 18.0 Å². The van der Waals surface area contributed by atoms with Crippen molar-refractivity contribution in [1.82, 2.24) is 10.2 Å². The number of anilines is 1. The molecule has 1 aromatic heterocycles. The minimum Gasteiger partial charge on any atom is -0.467 e. The van der Waals surface area contributed by atoms with E-state index in [1.54, 1.807) is 6.26 Å². The Bertz CT molecular complexity index is 856. The normalized spacial score (nSPS) is 25.1. The van der Waals surface area contributed by atoms with Crippen LogP contribution in [-0.2, 0) is 13.0 Å². The van der Waals surface area contributed by atoms with Crippen LogP contribution in [0.3, 0.4) is 0 Å². The largest absolute Gasteiger partial charge is 0.467 e. The van der Waals surface area contributed by atoms with Gasteiger partial charge in [0.25, 0.3) is 5.91 Å². The lowest BCUT2D eigenvalue weighted by molar-refractivity contribution is 0.0745. The van der Waals surface area contributed by atoms with Crippen LogP contribution in [0.2, 0.25) is 0 Å². The highest BCUT2D eigenvalue weighted by Crippen LogP contribution is 2.34. The average Bonchev–Trinajstić information content (AvgIpc) is 3.33. The van der Waals surface area contributed by atoms with Gasteiger partial charge in [0.1, 0.15) is 5.76 Å². The van der Waals surface area contributed by atoms with Crippen molar-refractivity contribution < 1.29 is 9.21 Å². The summed E-state index contributed by atoms with van der Waals surface area (Å²) in [6.07, 6.45) is 6.18. The Kier molecular flexibility index (Phi) is 6.82. The summed E-state index contributed by atoms with van der Waals surface area (Å²) >= 11 is 0. The number of fused-ring (bicyclic) bond motifs is 3. The van der Waals surface area contributed by atoms with Crippen LogP contribution in [0.5, 0.6) is 0 Å². The number of hydrogen-bond donors (Lipinski definition) is 1. The van der Waals surface area contributed by atoms with Gasteiger partial charge in [-0.05, 0) is 50.3 Å². The molecule has 3 atom stereocenters. The molecule has 7 heteroatoms. The number of nitrogens with zero attached hydrogens (tertiary/aromatic N) is 2. The summed E-state index contributed by atoms with van der Waals surface area (Å²) in [5.41, 5.74) is 3.36. The van der Waals surface area contributed by atoms with Crippen molar-refractivity contribution >= 4 is 36.4 Å². The van der Waals surface area contributed by atoms with Crippen LogP contribution in [0.4, 0.5) is 5.69 Å². The van der Waals surface area contributed by atoms with Crippen LogP contribution in [0.25, 0.3) is 0 Å². The van der Waals surface area contributed by atoms with Crippen LogP contribution < -0.4 is 10.2 Å². The lowest BCUT2D eigenvalue weighted by atomic mass is 10.1. The molecule has 29 heavy (non-hydrogen) atoms. The monoisotopic (exact) mass is 437 g/mol. The summed E-state index contributed by atoms with van der Waals surface area (Å²) in [6, 6.07) is 11.8. The second kappa shape index (κ2) is 8.99. The molecule has 4 heterocycles. The molecule has 2 bridgehead atoms. The van der Waals surface area contributed by atoms with Gasteiger partial charge in [-0.3, -0.25) is 4.79 Å². The number of nitrogens with one attached hydrogen (secondary N) is 1. The van der Waals surface area contributed by atoms with Crippen molar-refractivity contribution in [2.24, 2.45) is 0 Å². The molecular formula is C22H29Cl2N3O2. The maximum atomic E-state index is 13.2. The quantitative estimate of drug-likeness (QED) is 0.786. The molecule has 1 amide bonds. The molecule has 2 saturated heterocycles. The lowest BCUT2D eigenvalue weighted by Gasteiger charge is -2.26. The Balaban J connectivity index is 0.00000120. The Morgan fingerprint density at radius 1 is 1.14 bits per heavy atom. The summed E-state index contributed by atoms with van der Waals surface area (Å²) in [7, 11) is 0. The molecule has 3 aliphatic heterocycles. The molecule has 3 aliphatic rings. The van der Waals surface area contributed by atoms with Crippen molar-refractivity contribution in [2.45, 2.75) is 57.3 Å². The van der Waals surface area contributed by atoms with Gasteiger partial charge in [-0.2, -0.15) is 0 Å². The minimum absolute atomic E-state index is 0. The smallest absolute Gasteiger partial charge is 0.257 e. The molecular weight excluding hydrogens is 409 g/mol. The van der Waals surface area contributed by atoms with Crippen molar-refractivity contribution in [1.29, 1.82) is 0 Å². The number of para-hydroxylation sites is 1. The van der Waals surface area contributed by atoms with Gasteiger partial charge < -0.3 is 19.5 Å². The molecule has 0 radical (unpaired) electrons. The van der Waals surface area contributed by atoms with Crippen LogP contribution in [0.1, 0.15) is 47.9 Å². The average molecular weight is 438 g/mol. The number of amides is 1. The molecule has 3 unspecified atom stereocenters. The van der Waals surface area contributed by atoms with Crippen molar-refractivity contribution in [3.8, 4) is 0 Å². The second-order valence-electron chi connectivity index (χ2n) is 8.24. The molecule has 5 nitrogen and oxygen atoms in total. The second-order valence-corrected chi connectivity index (χ2v) is 8.24. The van der Waals surface area contributed by atoms with Crippen LogP contribution in [0, 0.1) is 0 Å². The van der Waals surface area contributed by atoms with E-state index < -0.39 is 0 Å². The Hall–Kier alpha value is -1.69. The first-order valence-electron chi connectivity index (χ1n) is 10.2. The van der Waals surface area contributed by atoms with Gasteiger partial charge in [0, 0.05) is 36.9 Å². The molecule has 5 rings (SSSR count). The molecule has 0 spiro atoms.